The van der Waals surface area contributed by atoms with Gasteiger partial charge in [0.15, 0.2) is 11.5 Å². The van der Waals surface area contributed by atoms with Crippen LogP contribution in [0.25, 0.3) is 0 Å². The predicted octanol–water partition coefficient (Wildman–Crippen LogP) is 6.09. The average molecular weight is 532 g/mol. The molecule has 0 unspecified atom stereocenters. The number of urea groups is 1. The van der Waals surface area contributed by atoms with Gasteiger partial charge in [-0.2, -0.15) is 0 Å². The first-order valence-corrected chi connectivity index (χ1v) is 12.2. The molecule has 1 aromatic heterocycles. The van der Waals surface area contributed by atoms with Crippen molar-refractivity contribution >= 4 is 40.8 Å². The third-order valence-electron chi connectivity index (χ3n) is 5.69. The quantitative estimate of drug-likeness (QED) is 0.379. The average Bonchev–Trinajstić information content (AvgIpc) is 3.47. The van der Waals surface area contributed by atoms with Gasteiger partial charge in [0.05, 0.1) is 22.3 Å². The number of carbonyl (C=O) groups is 2. The molecule has 0 radical (unpaired) electrons. The van der Waals surface area contributed by atoms with Crippen LogP contribution in [0.4, 0.5) is 10.5 Å². The fourth-order valence-corrected chi connectivity index (χ4v) is 4.27. The number of para-hydroxylation sites is 1. The number of aryl methyl sites for hydroxylation is 1. The van der Waals surface area contributed by atoms with Crippen molar-refractivity contribution in [2.75, 3.05) is 18.7 Å². The van der Waals surface area contributed by atoms with Crippen LogP contribution in [-0.4, -0.2) is 41.1 Å². The molecule has 4 rings (SSSR count). The summed E-state index contributed by atoms with van der Waals surface area (Å²) >= 11 is 12.4. The smallest absolute Gasteiger partial charge is 0.322 e. The number of furan rings is 1. The number of nitrogens with one attached hydrogen (secondary N) is 1. The maximum absolute atomic E-state index is 13.6. The summed E-state index contributed by atoms with van der Waals surface area (Å²) in [6.45, 7) is 6.05. The van der Waals surface area contributed by atoms with Gasteiger partial charge in [0.2, 0.25) is 12.7 Å². The van der Waals surface area contributed by atoms with Crippen molar-refractivity contribution in [1.82, 2.24) is 9.80 Å². The number of ether oxygens (including phenoxy) is 2. The highest BCUT2D eigenvalue weighted by Crippen LogP contribution is 2.33. The Labute approximate surface area is 219 Å². The van der Waals surface area contributed by atoms with Gasteiger partial charge in [-0.25, -0.2) is 4.79 Å². The number of benzene rings is 2. The van der Waals surface area contributed by atoms with Crippen molar-refractivity contribution in [3.8, 4) is 11.5 Å². The maximum atomic E-state index is 13.6. The number of nitrogens with zero attached hydrogens (tertiary/aromatic N) is 2. The molecule has 3 aromatic rings. The first kappa shape index (κ1) is 25.7. The second-order valence-electron chi connectivity index (χ2n) is 8.70. The molecule has 2 heterocycles. The highest BCUT2D eigenvalue weighted by atomic mass is 35.5. The van der Waals surface area contributed by atoms with Crippen LogP contribution in [0, 0.1) is 6.92 Å². The molecular formula is C26H27Cl2N3O5. The number of fused-ring (bicyclic) bond motifs is 1. The Hall–Kier alpha value is -3.36. The van der Waals surface area contributed by atoms with E-state index in [0.717, 1.165) is 11.3 Å². The van der Waals surface area contributed by atoms with E-state index in [1.54, 1.807) is 23.1 Å². The third-order valence-corrected chi connectivity index (χ3v) is 6.32. The van der Waals surface area contributed by atoms with Gasteiger partial charge >= 0.3 is 6.03 Å². The van der Waals surface area contributed by atoms with Crippen molar-refractivity contribution in [2.45, 2.75) is 39.9 Å². The monoisotopic (exact) mass is 531 g/mol. The molecule has 0 saturated heterocycles. The van der Waals surface area contributed by atoms with Crippen LogP contribution in [0.2, 0.25) is 10.0 Å². The van der Waals surface area contributed by atoms with Gasteiger partial charge in [-0.15, -0.1) is 0 Å². The number of hydrogen-bond acceptors (Lipinski definition) is 5. The minimum Gasteiger partial charge on any atom is -0.464 e. The largest absolute Gasteiger partial charge is 0.464 e. The van der Waals surface area contributed by atoms with Crippen molar-refractivity contribution < 1.29 is 23.5 Å². The number of anilines is 1. The summed E-state index contributed by atoms with van der Waals surface area (Å²) in [5.74, 6) is 2.44. The van der Waals surface area contributed by atoms with Gasteiger partial charge in [-0.1, -0.05) is 35.3 Å². The molecule has 1 aliphatic heterocycles. The molecule has 0 atom stereocenters. The van der Waals surface area contributed by atoms with E-state index in [4.69, 9.17) is 37.1 Å². The second-order valence-corrected chi connectivity index (χ2v) is 9.51. The Morgan fingerprint density at radius 1 is 1.00 bits per heavy atom. The summed E-state index contributed by atoms with van der Waals surface area (Å²) in [6, 6.07) is 13.4. The van der Waals surface area contributed by atoms with E-state index < -0.39 is 6.03 Å². The molecule has 10 heteroatoms. The van der Waals surface area contributed by atoms with Gasteiger partial charge < -0.3 is 29.0 Å². The third kappa shape index (κ3) is 6.06. The second kappa shape index (κ2) is 11.1. The number of halogens is 2. The lowest BCUT2D eigenvalue weighted by Crippen LogP contribution is -2.47. The Morgan fingerprint density at radius 2 is 1.72 bits per heavy atom. The lowest BCUT2D eigenvalue weighted by molar-refractivity contribution is -0.133. The van der Waals surface area contributed by atoms with Gasteiger partial charge in [0, 0.05) is 12.6 Å². The summed E-state index contributed by atoms with van der Waals surface area (Å²) in [6.07, 6.45) is 0. The molecule has 1 N–H and O–H groups in total. The van der Waals surface area contributed by atoms with Gasteiger partial charge in [0.1, 0.15) is 18.1 Å². The molecule has 36 heavy (non-hydrogen) atoms. The molecule has 190 valence electrons. The van der Waals surface area contributed by atoms with Gasteiger partial charge in [-0.3, -0.25) is 4.79 Å². The molecule has 0 bridgehead atoms. The number of hydrogen-bond donors (Lipinski definition) is 1. The maximum Gasteiger partial charge on any atom is 0.322 e. The fraction of sp³-hybridized carbons (Fsp3) is 0.308. The molecule has 0 fully saturated rings. The Kier molecular flexibility index (Phi) is 7.96. The van der Waals surface area contributed by atoms with Crippen LogP contribution >= 0.6 is 23.2 Å². The van der Waals surface area contributed by atoms with E-state index in [9.17, 15) is 9.59 Å². The van der Waals surface area contributed by atoms with E-state index in [1.807, 2.05) is 51.1 Å². The SMILES string of the molecule is Cc1ccc(CN(Cc2ccc3c(c2)OCO3)C(=O)CN(C(=O)Nc2c(Cl)cccc2Cl)C(C)C)o1. The number of rotatable bonds is 8. The number of amides is 3. The standard InChI is InChI=1S/C26H27Cl2N3O5/c1-16(2)31(26(33)29-25-20(27)5-4-6-21(25)28)14-24(32)30(13-19-9-7-17(3)36-19)12-18-8-10-22-23(11-18)35-15-34-22/h4-11,16H,12-15H2,1-3H3,(H,29,33). The van der Waals surface area contributed by atoms with E-state index in [0.29, 0.717) is 39.5 Å². The van der Waals surface area contributed by atoms with E-state index in [2.05, 4.69) is 5.32 Å². The van der Waals surface area contributed by atoms with Crippen LogP contribution in [0.15, 0.2) is 52.9 Å². The zero-order valence-corrected chi connectivity index (χ0v) is 21.7. The highest BCUT2D eigenvalue weighted by molar-refractivity contribution is 6.39. The zero-order chi connectivity index (χ0) is 25.8. The van der Waals surface area contributed by atoms with Gasteiger partial charge in [-0.05, 0) is 62.7 Å². The Bertz CT molecular complexity index is 1240. The van der Waals surface area contributed by atoms with Crippen LogP contribution in [-0.2, 0) is 17.9 Å². The van der Waals surface area contributed by atoms with Crippen LogP contribution < -0.4 is 14.8 Å². The normalized spacial score (nSPS) is 12.1. The summed E-state index contributed by atoms with van der Waals surface area (Å²) in [5.41, 5.74) is 1.16. The molecular weight excluding hydrogens is 505 g/mol. The molecule has 2 aromatic carbocycles. The lowest BCUT2D eigenvalue weighted by Gasteiger charge is -2.30. The summed E-state index contributed by atoms with van der Waals surface area (Å²) in [5, 5.41) is 3.36. The first-order valence-electron chi connectivity index (χ1n) is 11.4. The molecule has 1 aliphatic rings. The van der Waals surface area contributed by atoms with Crippen LogP contribution in [0.1, 0.15) is 30.9 Å². The highest BCUT2D eigenvalue weighted by Gasteiger charge is 2.26. The molecule has 3 amide bonds. The molecule has 0 aliphatic carbocycles. The first-order chi connectivity index (χ1) is 17.2. The molecule has 0 saturated carbocycles. The zero-order valence-electron chi connectivity index (χ0n) is 20.2. The van der Waals surface area contributed by atoms with E-state index in [-0.39, 0.29) is 31.8 Å². The Balaban J connectivity index is 1.53. The van der Waals surface area contributed by atoms with Crippen molar-refractivity contribution in [3.63, 3.8) is 0 Å². The van der Waals surface area contributed by atoms with E-state index in [1.165, 1.54) is 4.90 Å². The van der Waals surface area contributed by atoms with Gasteiger partial charge in [0.25, 0.3) is 0 Å². The minimum atomic E-state index is -0.481. The minimum absolute atomic E-state index is 0.157. The molecule has 8 nitrogen and oxygen atoms in total. The lowest BCUT2D eigenvalue weighted by atomic mass is 10.1. The Morgan fingerprint density at radius 3 is 2.39 bits per heavy atom. The number of carbonyl (C=O) groups excluding carboxylic acids is 2. The van der Waals surface area contributed by atoms with Crippen molar-refractivity contribution in [3.05, 3.63) is 75.7 Å². The summed E-state index contributed by atoms with van der Waals surface area (Å²) in [7, 11) is 0. The fourth-order valence-electron chi connectivity index (χ4n) is 3.78. The van der Waals surface area contributed by atoms with Crippen LogP contribution in [0.3, 0.4) is 0 Å². The summed E-state index contributed by atoms with van der Waals surface area (Å²) in [4.78, 5) is 29.8. The summed E-state index contributed by atoms with van der Waals surface area (Å²) < 4.78 is 16.6. The van der Waals surface area contributed by atoms with Crippen molar-refractivity contribution in [1.29, 1.82) is 0 Å². The molecule has 0 spiro atoms. The topological polar surface area (TPSA) is 84.2 Å². The van der Waals surface area contributed by atoms with Crippen molar-refractivity contribution in [2.24, 2.45) is 0 Å². The van der Waals surface area contributed by atoms with E-state index >= 15 is 0 Å². The predicted molar refractivity (Wildman–Crippen MR) is 138 cm³/mol. The van der Waals surface area contributed by atoms with Crippen LogP contribution in [0.5, 0.6) is 11.5 Å².